The van der Waals surface area contributed by atoms with Crippen molar-refractivity contribution in [2.24, 2.45) is 0 Å². The van der Waals surface area contributed by atoms with E-state index in [2.05, 4.69) is 48.5 Å². The second-order valence-electron chi connectivity index (χ2n) is 28.1. The van der Waals surface area contributed by atoms with Crippen molar-refractivity contribution < 1.29 is 39.4 Å². The minimum absolute atomic E-state index is 0.541. The van der Waals surface area contributed by atoms with Gasteiger partial charge in [-0.1, -0.05) is 315 Å². The molecule has 17 aromatic carbocycles. The molecule has 0 aromatic heterocycles. The predicted octanol–water partition coefficient (Wildman–Crippen LogP) is 20.2. The molecule has 2 saturated heterocycles. The summed E-state index contributed by atoms with van der Waals surface area (Å²) in [5, 5.41) is 74.1. The monoisotopic (exact) mass is 1350 g/mol. The van der Waals surface area contributed by atoms with Gasteiger partial charge < -0.3 is 39.4 Å². The Kier molecular flexibility index (Phi) is 15.4. The van der Waals surface area contributed by atoms with Gasteiger partial charge in [0.15, 0.2) is 12.6 Å². The summed E-state index contributed by atoms with van der Waals surface area (Å²) in [7, 11) is 0. The molecule has 19 rings (SSSR count). The van der Waals surface area contributed by atoms with E-state index in [-0.39, 0.29) is 0 Å². The number of hydrogen-bond acceptors (Lipinski definition) is 8. The van der Waals surface area contributed by atoms with Gasteiger partial charge in [-0.2, -0.15) is 0 Å². The maximum Gasteiger partial charge on any atom is 0.185 e. The first-order chi connectivity index (χ1) is 51.0. The summed E-state index contributed by atoms with van der Waals surface area (Å²) in [6, 6.07) is 120. The van der Waals surface area contributed by atoms with Crippen LogP contribution in [0.25, 0.3) is 86.2 Å². The highest BCUT2D eigenvalue weighted by Gasteiger charge is 2.62. The van der Waals surface area contributed by atoms with Crippen LogP contribution < -0.4 is 0 Å². The average molecular weight is 1350 g/mol. The minimum atomic E-state index is -2.01. The Bertz CT molecular complexity index is 5140. The van der Waals surface area contributed by atoms with Crippen LogP contribution in [-0.2, 0) is 41.4 Å². The maximum atomic E-state index is 14.7. The van der Waals surface area contributed by atoms with Gasteiger partial charge in [0.25, 0.3) is 0 Å². The number of rotatable bonds is 14. The van der Waals surface area contributed by atoms with E-state index in [4.69, 9.17) is 18.9 Å². The quantitative estimate of drug-likeness (QED) is 0.0851. The summed E-state index contributed by atoms with van der Waals surface area (Å²) in [5.41, 5.74) is -2.57. The molecule has 0 spiro atoms. The third-order valence-corrected chi connectivity index (χ3v) is 22.3. The molecule has 8 nitrogen and oxygen atoms in total. The van der Waals surface area contributed by atoms with E-state index in [1.165, 1.54) is 0 Å². The van der Waals surface area contributed by atoms with Crippen molar-refractivity contribution in [3.63, 3.8) is 0 Å². The van der Waals surface area contributed by atoms with Gasteiger partial charge in [-0.05, 0) is 179 Å². The number of fused-ring (bicyclic) bond motifs is 8. The minimum Gasteiger partial charge on any atom is -0.378 e. The lowest BCUT2D eigenvalue weighted by molar-refractivity contribution is -0.110. The van der Waals surface area contributed by atoms with Gasteiger partial charge in [0.2, 0.25) is 0 Å². The van der Waals surface area contributed by atoms with E-state index >= 15 is 0 Å². The van der Waals surface area contributed by atoms with Crippen molar-refractivity contribution in [3.05, 3.63) is 420 Å². The van der Waals surface area contributed by atoms with Crippen LogP contribution in [-0.4, -0.2) is 44.8 Å². The summed E-state index contributed by atoms with van der Waals surface area (Å²) < 4.78 is 30.3. The normalized spacial score (nSPS) is 17.2. The van der Waals surface area contributed by atoms with Gasteiger partial charge >= 0.3 is 0 Å². The topological polar surface area (TPSA) is 118 Å². The van der Waals surface area contributed by atoms with Gasteiger partial charge in [-0.3, -0.25) is 0 Å². The molecule has 0 bridgehead atoms. The van der Waals surface area contributed by atoms with E-state index in [1.54, 1.807) is 0 Å². The van der Waals surface area contributed by atoms with Crippen molar-refractivity contribution in [2.45, 2.75) is 59.4 Å². The lowest BCUT2D eigenvalue weighted by Crippen LogP contribution is -2.55. The highest BCUT2D eigenvalue weighted by atomic mass is 16.7. The molecule has 502 valence electrons. The number of hydrogen-bond donors (Lipinski definition) is 4. The second-order valence-corrected chi connectivity index (χ2v) is 28.1. The molecule has 17 aromatic rings. The van der Waals surface area contributed by atoms with Gasteiger partial charge in [-0.15, -0.1) is 0 Å². The molecule has 104 heavy (non-hydrogen) atoms. The summed E-state index contributed by atoms with van der Waals surface area (Å²) in [6.45, 7) is 0. The van der Waals surface area contributed by atoms with Gasteiger partial charge in [0.05, 0.1) is 0 Å². The molecule has 0 aliphatic carbocycles. The molecule has 2 heterocycles. The zero-order valence-corrected chi connectivity index (χ0v) is 56.5. The summed E-state index contributed by atoms with van der Waals surface area (Å²) in [6.07, 6.45) is -7.72. The number of ether oxygens (including phenoxy) is 4. The van der Waals surface area contributed by atoms with E-state index in [1.807, 2.05) is 315 Å². The first-order valence-electron chi connectivity index (χ1n) is 35.5. The fourth-order valence-electron chi connectivity index (χ4n) is 16.7. The standard InChI is InChI=1S/C96H70O8/c97-93(79-45-37-61-17-1-9-25-71(61)53-79,80-46-38-62-18-2-10-26-72(62)54-80)87-88(94(98,81-47-39-63-19-3-11-27-73(63)55-81)82-48-40-64-20-4-12-28-74(64)56-82)102-91(101-87)69-33-35-70(36-34-69)92-103-89(95(99,83-49-41-65-21-5-13-29-75(65)57-83)84-50-42-66-22-6-14-30-76(66)58-84)90(104-92)96(100,85-51-43-67-23-7-15-31-77(67)59-85)86-52-44-68-24-8-16-32-78(68)60-86/h1-60,87-92,97-100H/t87-,88-,89-,90-/m1/s1. The first-order valence-corrected chi connectivity index (χ1v) is 35.5. The Morgan fingerprint density at radius 1 is 0.163 bits per heavy atom. The molecule has 4 atom stereocenters. The molecule has 2 aliphatic rings. The third kappa shape index (κ3) is 10.5. The van der Waals surface area contributed by atoms with Crippen LogP contribution >= 0.6 is 0 Å². The van der Waals surface area contributed by atoms with Crippen molar-refractivity contribution in [2.75, 3.05) is 0 Å². The molecule has 8 heteroatoms. The highest BCUT2D eigenvalue weighted by Crippen LogP contribution is 2.55. The lowest BCUT2D eigenvalue weighted by Gasteiger charge is -2.43. The Hall–Kier alpha value is -11.5. The van der Waals surface area contributed by atoms with E-state index in [0.717, 1.165) is 86.2 Å². The van der Waals surface area contributed by atoms with Crippen LogP contribution in [0.4, 0.5) is 0 Å². The van der Waals surface area contributed by atoms with Crippen molar-refractivity contribution in [3.8, 4) is 0 Å². The smallest absolute Gasteiger partial charge is 0.185 e. The van der Waals surface area contributed by atoms with Gasteiger partial charge in [0.1, 0.15) is 46.8 Å². The fourth-order valence-corrected chi connectivity index (χ4v) is 16.7. The molecule has 0 unspecified atom stereocenters. The lowest BCUT2D eigenvalue weighted by atomic mass is 9.71. The molecule has 2 fully saturated rings. The van der Waals surface area contributed by atoms with Crippen LogP contribution in [0, 0.1) is 0 Å². The van der Waals surface area contributed by atoms with Crippen LogP contribution in [0.15, 0.2) is 364 Å². The molecule has 0 saturated carbocycles. The van der Waals surface area contributed by atoms with Crippen LogP contribution in [0.1, 0.15) is 68.2 Å². The van der Waals surface area contributed by atoms with Crippen molar-refractivity contribution in [1.29, 1.82) is 0 Å². The molecule has 2 aliphatic heterocycles. The maximum absolute atomic E-state index is 14.7. The Morgan fingerprint density at radius 3 is 0.442 bits per heavy atom. The Balaban J connectivity index is 0.789. The van der Waals surface area contributed by atoms with E-state index < -0.39 is 59.4 Å². The van der Waals surface area contributed by atoms with Gasteiger partial charge in [-0.25, -0.2) is 0 Å². The third-order valence-electron chi connectivity index (χ3n) is 22.3. The second kappa shape index (κ2) is 25.2. The number of aliphatic hydroxyl groups is 4. The van der Waals surface area contributed by atoms with Crippen LogP contribution in [0.5, 0.6) is 0 Å². The molecular formula is C96H70O8. The Labute approximate surface area is 601 Å². The summed E-state index contributed by atoms with van der Waals surface area (Å²) >= 11 is 0. The highest BCUT2D eigenvalue weighted by molar-refractivity contribution is 5.90. The van der Waals surface area contributed by atoms with Crippen molar-refractivity contribution in [1.82, 2.24) is 0 Å². The zero-order valence-electron chi connectivity index (χ0n) is 56.5. The van der Waals surface area contributed by atoms with E-state index in [9.17, 15) is 20.4 Å². The van der Waals surface area contributed by atoms with Crippen molar-refractivity contribution >= 4 is 86.2 Å². The SMILES string of the molecule is OC(c1ccc2ccccc2c1)(c1ccc2ccccc2c1)[C@@H]1OC(c2ccc(C3O[C@@H](C(O)(c4ccc5ccccc5c4)c4ccc5ccccc5c4)[C@H](C(O)(c4ccc5ccccc5c4)c4ccc5ccccc5c4)O3)cc2)O[C@H]1C(O)(c1ccc2ccccc2c1)c1ccc2ccccc2c1. The molecule has 0 amide bonds. The first kappa shape index (κ1) is 63.4. The van der Waals surface area contributed by atoms with Crippen LogP contribution in [0.3, 0.4) is 0 Å². The Morgan fingerprint density at radius 2 is 0.298 bits per heavy atom. The molecule has 4 N–H and O–H groups in total. The largest absolute Gasteiger partial charge is 0.378 e. The molecular weight excluding hydrogens is 1280 g/mol. The average Bonchev–Trinajstić information content (AvgIpc) is 1.43. The fraction of sp³-hybridized carbons (Fsp3) is 0.104. The van der Waals surface area contributed by atoms with Gasteiger partial charge in [0, 0.05) is 11.1 Å². The number of benzene rings is 17. The van der Waals surface area contributed by atoms with Crippen LogP contribution in [0.2, 0.25) is 0 Å². The zero-order chi connectivity index (χ0) is 69.7. The summed E-state index contributed by atoms with van der Waals surface area (Å²) in [4.78, 5) is 0. The summed E-state index contributed by atoms with van der Waals surface area (Å²) in [5.74, 6) is 0. The van der Waals surface area contributed by atoms with E-state index in [0.29, 0.717) is 55.6 Å². The molecule has 0 radical (unpaired) electrons. The predicted molar refractivity (Wildman–Crippen MR) is 415 cm³/mol.